The van der Waals surface area contributed by atoms with E-state index >= 15 is 0 Å². The molecule has 6 nitrogen and oxygen atoms in total. The quantitative estimate of drug-likeness (QED) is 0.563. The molecule has 0 saturated heterocycles. The Morgan fingerprint density at radius 1 is 1.30 bits per heavy atom. The van der Waals surface area contributed by atoms with Crippen LogP contribution in [0.25, 0.3) is 0 Å². The normalized spacial score (nSPS) is 23.2. The summed E-state index contributed by atoms with van der Waals surface area (Å²) < 4.78 is 10.5. The molecule has 1 saturated carbocycles. The first kappa shape index (κ1) is 20.2. The van der Waals surface area contributed by atoms with Gasteiger partial charge in [-0.3, -0.25) is 0 Å². The van der Waals surface area contributed by atoms with Crippen molar-refractivity contribution in [3.63, 3.8) is 0 Å². The number of hydrogen-bond donors (Lipinski definition) is 3. The number of amides is 1. The number of rotatable bonds is 9. The van der Waals surface area contributed by atoms with Gasteiger partial charge >= 0.3 is 6.09 Å². The lowest BCUT2D eigenvalue weighted by atomic mass is 9.58. The maximum absolute atomic E-state index is 11.7. The van der Waals surface area contributed by atoms with E-state index in [0.717, 1.165) is 19.4 Å². The van der Waals surface area contributed by atoms with Crippen molar-refractivity contribution in [2.45, 2.75) is 59.1 Å². The first-order chi connectivity index (χ1) is 10.7. The average Bonchev–Trinajstić information content (AvgIpc) is 2.42. The van der Waals surface area contributed by atoms with Gasteiger partial charge in [-0.05, 0) is 51.5 Å². The molecule has 1 fully saturated rings. The van der Waals surface area contributed by atoms with Crippen LogP contribution in [0.4, 0.5) is 4.79 Å². The molecule has 1 rings (SSSR count). The average molecular weight is 330 g/mol. The van der Waals surface area contributed by atoms with Crippen molar-refractivity contribution in [2.75, 3.05) is 32.9 Å². The number of hydrogen-bond acceptors (Lipinski definition) is 5. The summed E-state index contributed by atoms with van der Waals surface area (Å²) in [5.41, 5.74) is -0.303. The molecule has 1 aliphatic rings. The Morgan fingerprint density at radius 3 is 2.57 bits per heavy atom. The van der Waals surface area contributed by atoms with Crippen LogP contribution in [0.5, 0.6) is 0 Å². The van der Waals surface area contributed by atoms with E-state index in [1.54, 1.807) is 0 Å². The molecule has 0 aromatic carbocycles. The van der Waals surface area contributed by atoms with E-state index in [4.69, 9.17) is 14.6 Å². The van der Waals surface area contributed by atoms with Crippen molar-refractivity contribution in [2.24, 2.45) is 11.3 Å². The molecule has 0 aliphatic heterocycles. The summed E-state index contributed by atoms with van der Waals surface area (Å²) in [5.74, 6) is 0.457. The van der Waals surface area contributed by atoms with E-state index in [-0.39, 0.29) is 18.1 Å². The zero-order chi connectivity index (χ0) is 17.5. The topological polar surface area (TPSA) is 79.8 Å². The van der Waals surface area contributed by atoms with Crippen LogP contribution in [0.15, 0.2) is 0 Å². The second-order valence-electron chi connectivity index (χ2n) is 7.83. The Balaban J connectivity index is 2.18. The van der Waals surface area contributed by atoms with Gasteiger partial charge in [0, 0.05) is 19.2 Å². The Labute approximate surface area is 140 Å². The number of carbonyl (C=O) groups excluding carboxylic acids is 1. The molecule has 23 heavy (non-hydrogen) atoms. The molecule has 3 N–H and O–H groups in total. The summed E-state index contributed by atoms with van der Waals surface area (Å²) in [6, 6.07) is 0.464. The number of aliphatic hydroxyl groups is 1. The van der Waals surface area contributed by atoms with Gasteiger partial charge in [0.1, 0.15) is 5.60 Å². The molecular formula is C17H34N2O4. The summed E-state index contributed by atoms with van der Waals surface area (Å²) in [4.78, 5) is 11.7. The monoisotopic (exact) mass is 330 g/mol. The molecule has 0 heterocycles. The first-order valence-electron chi connectivity index (χ1n) is 8.55. The lowest BCUT2D eigenvalue weighted by Crippen LogP contribution is -2.59. The maximum atomic E-state index is 11.7. The summed E-state index contributed by atoms with van der Waals surface area (Å²) >= 11 is 0. The SMILES string of the molecule is CC(C)(C)OC(=O)NCC1CC(NCCCOCCO)C1(C)C. The van der Waals surface area contributed by atoms with Gasteiger partial charge in [-0.25, -0.2) is 4.79 Å². The fourth-order valence-corrected chi connectivity index (χ4v) is 2.85. The number of carbonyl (C=O) groups is 1. The zero-order valence-electron chi connectivity index (χ0n) is 15.3. The molecule has 0 spiro atoms. The first-order valence-corrected chi connectivity index (χ1v) is 8.55. The second-order valence-corrected chi connectivity index (χ2v) is 7.83. The molecule has 136 valence electrons. The fourth-order valence-electron chi connectivity index (χ4n) is 2.85. The van der Waals surface area contributed by atoms with E-state index in [1.165, 1.54) is 0 Å². The minimum atomic E-state index is -0.457. The predicted molar refractivity (Wildman–Crippen MR) is 90.4 cm³/mol. The van der Waals surface area contributed by atoms with E-state index in [1.807, 2.05) is 20.8 Å². The Hall–Kier alpha value is -0.850. The van der Waals surface area contributed by atoms with Crippen molar-refractivity contribution < 1.29 is 19.4 Å². The Kier molecular flexibility index (Phi) is 7.77. The lowest BCUT2D eigenvalue weighted by molar-refractivity contribution is 0.00759. The second kappa shape index (κ2) is 8.85. The van der Waals surface area contributed by atoms with Crippen molar-refractivity contribution in [1.29, 1.82) is 0 Å². The van der Waals surface area contributed by atoms with Crippen LogP contribution >= 0.6 is 0 Å². The molecule has 0 aromatic heterocycles. The Bertz CT molecular complexity index is 366. The van der Waals surface area contributed by atoms with Gasteiger partial charge in [0.25, 0.3) is 0 Å². The van der Waals surface area contributed by atoms with Crippen molar-refractivity contribution >= 4 is 6.09 Å². The predicted octanol–water partition coefficient (Wildman–Crippen LogP) is 1.91. The van der Waals surface area contributed by atoms with Gasteiger partial charge in [0.2, 0.25) is 0 Å². The molecule has 0 bridgehead atoms. The maximum Gasteiger partial charge on any atom is 0.407 e. The highest BCUT2D eigenvalue weighted by Gasteiger charge is 2.47. The fraction of sp³-hybridized carbons (Fsp3) is 0.941. The Morgan fingerprint density at radius 2 is 2.00 bits per heavy atom. The van der Waals surface area contributed by atoms with Crippen LogP contribution < -0.4 is 10.6 Å². The van der Waals surface area contributed by atoms with E-state index in [2.05, 4.69) is 24.5 Å². The third-order valence-corrected chi connectivity index (χ3v) is 4.45. The molecule has 2 atom stereocenters. The van der Waals surface area contributed by atoms with Crippen LogP contribution in [0.1, 0.15) is 47.5 Å². The molecule has 1 aliphatic carbocycles. The standard InChI is InChI=1S/C17H34N2O4/c1-16(2,3)23-15(21)19-12-13-11-14(17(13,4)5)18-7-6-9-22-10-8-20/h13-14,18,20H,6-12H2,1-5H3,(H,19,21). The summed E-state index contributed by atoms with van der Waals surface area (Å²) in [7, 11) is 0. The van der Waals surface area contributed by atoms with Gasteiger partial charge in [-0.2, -0.15) is 0 Å². The van der Waals surface area contributed by atoms with E-state index in [0.29, 0.717) is 31.7 Å². The van der Waals surface area contributed by atoms with Crippen LogP contribution in [-0.4, -0.2) is 55.8 Å². The van der Waals surface area contributed by atoms with Crippen LogP contribution in [0.2, 0.25) is 0 Å². The van der Waals surface area contributed by atoms with E-state index < -0.39 is 5.60 Å². The highest BCUT2D eigenvalue weighted by atomic mass is 16.6. The highest BCUT2D eigenvalue weighted by molar-refractivity contribution is 5.67. The molecule has 0 radical (unpaired) electrons. The molecular weight excluding hydrogens is 296 g/mol. The zero-order valence-corrected chi connectivity index (χ0v) is 15.3. The van der Waals surface area contributed by atoms with Gasteiger partial charge in [0.05, 0.1) is 13.2 Å². The van der Waals surface area contributed by atoms with Crippen molar-refractivity contribution in [3.05, 3.63) is 0 Å². The number of nitrogens with one attached hydrogen (secondary N) is 2. The van der Waals surface area contributed by atoms with Gasteiger partial charge in [-0.1, -0.05) is 13.8 Å². The van der Waals surface area contributed by atoms with Gasteiger partial charge in [0.15, 0.2) is 0 Å². The third-order valence-electron chi connectivity index (χ3n) is 4.45. The number of ether oxygens (including phenoxy) is 2. The molecule has 0 aromatic rings. The molecule has 6 heteroatoms. The highest BCUT2D eigenvalue weighted by Crippen LogP contribution is 2.45. The largest absolute Gasteiger partial charge is 0.444 e. The van der Waals surface area contributed by atoms with E-state index in [9.17, 15) is 4.79 Å². The molecule has 1 amide bonds. The van der Waals surface area contributed by atoms with Crippen LogP contribution in [-0.2, 0) is 9.47 Å². The minimum Gasteiger partial charge on any atom is -0.444 e. The molecule has 2 unspecified atom stereocenters. The van der Waals surface area contributed by atoms with Crippen LogP contribution in [0, 0.1) is 11.3 Å². The number of aliphatic hydroxyl groups excluding tert-OH is 1. The van der Waals surface area contributed by atoms with Crippen LogP contribution in [0.3, 0.4) is 0 Å². The summed E-state index contributed by atoms with van der Waals surface area (Å²) in [6.45, 7) is 12.8. The third kappa shape index (κ3) is 7.06. The smallest absolute Gasteiger partial charge is 0.407 e. The number of alkyl carbamates (subject to hydrolysis) is 1. The minimum absolute atomic E-state index is 0.0788. The van der Waals surface area contributed by atoms with Crippen molar-refractivity contribution in [3.8, 4) is 0 Å². The van der Waals surface area contributed by atoms with Gasteiger partial charge < -0.3 is 25.2 Å². The summed E-state index contributed by atoms with van der Waals surface area (Å²) in [5, 5.41) is 15.1. The van der Waals surface area contributed by atoms with Gasteiger partial charge in [-0.15, -0.1) is 0 Å². The van der Waals surface area contributed by atoms with Crippen molar-refractivity contribution in [1.82, 2.24) is 10.6 Å². The summed E-state index contributed by atoms with van der Waals surface area (Å²) in [6.07, 6.45) is 1.65. The lowest BCUT2D eigenvalue weighted by Gasteiger charge is -2.52.